The van der Waals surface area contributed by atoms with Gasteiger partial charge >= 0.3 is 0 Å². The van der Waals surface area contributed by atoms with Gasteiger partial charge in [-0.1, -0.05) is 42.0 Å². The largest absolute Gasteiger partial charge is 0.372 e. The zero-order valence-electron chi connectivity index (χ0n) is 19.1. The van der Waals surface area contributed by atoms with Gasteiger partial charge in [0, 0.05) is 30.6 Å². The van der Waals surface area contributed by atoms with E-state index in [1.165, 1.54) is 0 Å². The molecule has 0 radical (unpaired) electrons. The molecule has 0 amide bonds. The molecule has 0 spiro atoms. The number of rotatable bonds is 5. The molecule has 2 atom stereocenters. The predicted octanol–water partition coefficient (Wildman–Crippen LogP) is 5.71. The van der Waals surface area contributed by atoms with Gasteiger partial charge in [-0.15, -0.1) is 11.3 Å². The number of ketones is 1. The second-order valence-corrected chi connectivity index (χ2v) is 9.75. The summed E-state index contributed by atoms with van der Waals surface area (Å²) in [6, 6.07) is 17.8. The number of hydrogen-bond donors (Lipinski definition) is 0. The fraction of sp³-hybridized carbons (Fsp3) is 0.296. The number of thiophene rings is 1. The summed E-state index contributed by atoms with van der Waals surface area (Å²) in [5.41, 5.74) is 4.67. The third kappa shape index (κ3) is 4.68. The van der Waals surface area contributed by atoms with Crippen LogP contribution in [0, 0.1) is 6.92 Å². The molecule has 1 fully saturated rings. The lowest BCUT2D eigenvalue weighted by Gasteiger charge is -2.36. The van der Waals surface area contributed by atoms with Crippen molar-refractivity contribution in [2.75, 3.05) is 18.0 Å². The Bertz CT molecular complexity index is 1310. The Morgan fingerprint density at radius 2 is 1.85 bits per heavy atom. The van der Waals surface area contributed by atoms with Gasteiger partial charge in [0.25, 0.3) is 0 Å². The zero-order chi connectivity index (χ0) is 22.9. The van der Waals surface area contributed by atoms with Crippen LogP contribution in [0.5, 0.6) is 0 Å². The number of anilines is 1. The van der Waals surface area contributed by atoms with E-state index in [1.54, 1.807) is 11.3 Å². The molecule has 33 heavy (non-hydrogen) atoms. The van der Waals surface area contributed by atoms with E-state index in [1.807, 2.05) is 61.5 Å². The Morgan fingerprint density at radius 1 is 1.06 bits per heavy atom. The van der Waals surface area contributed by atoms with Crippen molar-refractivity contribution in [2.24, 2.45) is 0 Å². The van der Waals surface area contributed by atoms with Gasteiger partial charge < -0.3 is 9.64 Å². The number of aromatic nitrogens is 2. The molecule has 5 rings (SSSR count). The number of ether oxygens (including phenoxy) is 1. The Labute approximate surface area is 198 Å². The van der Waals surface area contributed by atoms with Crippen molar-refractivity contribution in [3.05, 3.63) is 76.7 Å². The lowest BCUT2D eigenvalue weighted by Crippen LogP contribution is -2.45. The molecule has 6 heteroatoms. The minimum atomic E-state index is 0.113. The van der Waals surface area contributed by atoms with Crippen LogP contribution in [0.1, 0.15) is 35.3 Å². The molecule has 0 bridgehead atoms. The van der Waals surface area contributed by atoms with Gasteiger partial charge in [-0.3, -0.25) is 4.79 Å². The molecule has 5 nitrogen and oxygen atoms in total. The van der Waals surface area contributed by atoms with Crippen molar-refractivity contribution in [3.8, 4) is 11.4 Å². The van der Waals surface area contributed by atoms with Gasteiger partial charge in [0.2, 0.25) is 0 Å². The predicted molar refractivity (Wildman–Crippen MR) is 134 cm³/mol. The monoisotopic (exact) mass is 457 g/mol. The molecular formula is C27H27N3O2S. The number of Topliss-reactive ketones (excluding diaryl/α,β-unsaturated/α-hetero) is 1. The van der Waals surface area contributed by atoms with Crippen molar-refractivity contribution in [1.82, 2.24) is 9.97 Å². The number of morpholine rings is 1. The fourth-order valence-corrected chi connectivity index (χ4v) is 5.32. The van der Waals surface area contributed by atoms with Crippen LogP contribution in [0.4, 0.5) is 5.82 Å². The SMILES string of the molecule is Cc1cccc(C(=O)Cc2cccc(-c3nc(N4CC(C)OC(C)C4)c4sccc4n3)c2)c1. The molecule has 168 valence electrons. The highest BCUT2D eigenvalue weighted by molar-refractivity contribution is 7.17. The summed E-state index contributed by atoms with van der Waals surface area (Å²) in [6.07, 6.45) is 0.653. The molecule has 2 aromatic carbocycles. The number of carbonyl (C=O) groups is 1. The van der Waals surface area contributed by atoms with Crippen LogP contribution in [0.15, 0.2) is 60.0 Å². The highest BCUT2D eigenvalue weighted by Gasteiger charge is 2.26. The molecule has 3 heterocycles. The van der Waals surface area contributed by atoms with E-state index in [-0.39, 0.29) is 18.0 Å². The topological polar surface area (TPSA) is 55.3 Å². The highest BCUT2D eigenvalue weighted by atomic mass is 32.1. The second-order valence-electron chi connectivity index (χ2n) is 8.84. The van der Waals surface area contributed by atoms with Gasteiger partial charge in [0.1, 0.15) is 0 Å². The number of fused-ring (bicyclic) bond motifs is 1. The van der Waals surface area contributed by atoms with Crippen molar-refractivity contribution < 1.29 is 9.53 Å². The average Bonchev–Trinajstić information content (AvgIpc) is 3.27. The third-order valence-electron chi connectivity index (χ3n) is 5.89. The maximum atomic E-state index is 12.8. The van der Waals surface area contributed by atoms with E-state index < -0.39 is 0 Å². The number of aryl methyl sites for hydroxylation is 1. The normalized spacial score (nSPS) is 18.6. The molecule has 4 aromatic rings. The second kappa shape index (κ2) is 9.04. The van der Waals surface area contributed by atoms with Crippen molar-refractivity contribution >= 4 is 33.2 Å². The van der Waals surface area contributed by atoms with Crippen LogP contribution in [0.2, 0.25) is 0 Å². The van der Waals surface area contributed by atoms with E-state index >= 15 is 0 Å². The first-order valence-electron chi connectivity index (χ1n) is 11.3. The first-order valence-corrected chi connectivity index (χ1v) is 12.2. The fourth-order valence-electron chi connectivity index (χ4n) is 4.47. The Morgan fingerprint density at radius 3 is 2.64 bits per heavy atom. The summed E-state index contributed by atoms with van der Waals surface area (Å²) in [6.45, 7) is 7.82. The quantitative estimate of drug-likeness (QED) is 0.360. The molecule has 2 unspecified atom stereocenters. The maximum absolute atomic E-state index is 12.8. The van der Waals surface area contributed by atoms with Crippen molar-refractivity contribution in [3.63, 3.8) is 0 Å². The molecule has 1 aliphatic rings. The number of hydrogen-bond acceptors (Lipinski definition) is 6. The molecule has 0 N–H and O–H groups in total. The summed E-state index contributed by atoms with van der Waals surface area (Å²) in [7, 11) is 0. The molecule has 0 aliphatic carbocycles. The van der Waals surface area contributed by atoms with Gasteiger partial charge in [0.15, 0.2) is 17.4 Å². The van der Waals surface area contributed by atoms with Gasteiger partial charge in [-0.25, -0.2) is 9.97 Å². The first-order chi connectivity index (χ1) is 16.0. The molecule has 1 saturated heterocycles. The number of benzene rings is 2. The minimum Gasteiger partial charge on any atom is -0.372 e. The Kier molecular flexibility index (Phi) is 5.96. The van der Waals surface area contributed by atoms with Gasteiger partial charge in [-0.2, -0.15) is 0 Å². The van der Waals surface area contributed by atoms with Crippen LogP contribution in [0.3, 0.4) is 0 Å². The van der Waals surface area contributed by atoms with Crippen LogP contribution in [-0.2, 0) is 11.2 Å². The maximum Gasteiger partial charge on any atom is 0.167 e. The Hall–Kier alpha value is -3.09. The highest BCUT2D eigenvalue weighted by Crippen LogP contribution is 2.33. The summed E-state index contributed by atoms with van der Waals surface area (Å²) in [5.74, 6) is 1.77. The summed E-state index contributed by atoms with van der Waals surface area (Å²) in [4.78, 5) is 25.0. The third-order valence-corrected chi connectivity index (χ3v) is 6.79. The Balaban J connectivity index is 1.48. The van der Waals surface area contributed by atoms with Gasteiger partial charge in [-0.05, 0) is 49.9 Å². The van der Waals surface area contributed by atoms with Crippen LogP contribution in [0.25, 0.3) is 21.6 Å². The minimum absolute atomic E-state index is 0.113. The lowest BCUT2D eigenvalue weighted by molar-refractivity contribution is -0.00536. The van der Waals surface area contributed by atoms with Crippen molar-refractivity contribution in [2.45, 2.75) is 39.4 Å². The molecule has 0 saturated carbocycles. The van der Waals surface area contributed by atoms with Gasteiger partial charge in [0.05, 0.1) is 22.4 Å². The molecule has 1 aliphatic heterocycles. The summed E-state index contributed by atoms with van der Waals surface area (Å²) < 4.78 is 7.03. The van der Waals surface area contributed by atoms with E-state index in [2.05, 4.69) is 24.1 Å². The molecule has 2 aromatic heterocycles. The van der Waals surface area contributed by atoms with Crippen molar-refractivity contribution in [1.29, 1.82) is 0 Å². The van der Waals surface area contributed by atoms with E-state index in [9.17, 15) is 4.79 Å². The van der Waals surface area contributed by atoms with E-state index in [4.69, 9.17) is 14.7 Å². The molecular weight excluding hydrogens is 430 g/mol. The van der Waals surface area contributed by atoms with E-state index in [0.29, 0.717) is 12.2 Å². The average molecular weight is 458 g/mol. The number of carbonyl (C=O) groups excluding carboxylic acids is 1. The zero-order valence-corrected chi connectivity index (χ0v) is 19.9. The summed E-state index contributed by atoms with van der Waals surface area (Å²) in [5, 5.41) is 2.07. The van der Waals surface area contributed by atoms with Crippen LogP contribution >= 0.6 is 11.3 Å². The van der Waals surface area contributed by atoms with Crippen LogP contribution < -0.4 is 4.90 Å². The van der Waals surface area contributed by atoms with E-state index in [0.717, 1.165) is 51.4 Å². The standard InChI is InChI=1S/C27H27N3O2S/c1-17-6-4-8-21(12-17)24(31)14-20-7-5-9-22(13-20)26-28-23-10-11-33-25(23)27(29-26)30-15-18(2)32-19(3)16-30/h4-13,18-19H,14-16H2,1-3H3. The summed E-state index contributed by atoms with van der Waals surface area (Å²) >= 11 is 1.67. The smallest absolute Gasteiger partial charge is 0.167 e. The lowest BCUT2D eigenvalue weighted by atomic mass is 10.00. The van der Waals surface area contributed by atoms with Crippen LogP contribution in [-0.4, -0.2) is 41.0 Å². The number of nitrogens with zero attached hydrogens (tertiary/aromatic N) is 3. The first kappa shape index (κ1) is 21.7.